The number of amides is 1. The molecule has 226 valence electrons. The first-order chi connectivity index (χ1) is 20.0. The second-order valence-electron chi connectivity index (χ2n) is 12.6. The fourth-order valence-corrected chi connectivity index (χ4v) is 8.33. The van der Waals surface area contributed by atoms with Gasteiger partial charge < -0.3 is 19.1 Å². The average Bonchev–Trinajstić information content (AvgIpc) is 3.08. The van der Waals surface area contributed by atoms with Gasteiger partial charge in [0.05, 0.1) is 29.9 Å². The first-order valence-corrected chi connectivity index (χ1v) is 16.6. The third-order valence-corrected chi connectivity index (χ3v) is 11.1. The van der Waals surface area contributed by atoms with Gasteiger partial charge in [-0.2, -0.15) is 0 Å². The van der Waals surface area contributed by atoms with Crippen LogP contribution in [0.25, 0.3) is 0 Å². The van der Waals surface area contributed by atoms with Gasteiger partial charge in [-0.25, -0.2) is 13.1 Å². The van der Waals surface area contributed by atoms with Gasteiger partial charge in [0, 0.05) is 30.6 Å². The number of benzene rings is 2. The number of fused-ring (bicyclic) bond motifs is 4. The van der Waals surface area contributed by atoms with Gasteiger partial charge in [0.25, 0.3) is 15.9 Å². The average molecular weight is 615 g/mol. The van der Waals surface area contributed by atoms with Crippen LogP contribution in [0.5, 0.6) is 5.75 Å². The number of nitrogens with zero attached hydrogens (tertiary/aromatic N) is 1. The molecule has 1 amide bonds. The summed E-state index contributed by atoms with van der Waals surface area (Å²) in [6.07, 6.45) is 8.83. The van der Waals surface area contributed by atoms with Gasteiger partial charge in [-0.3, -0.25) is 4.79 Å². The van der Waals surface area contributed by atoms with Crippen molar-refractivity contribution in [2.24, 2.45) is 11.8 Å². The van der Waals surface area contributed by atoms with E-state index < -0.39 is 21.5 Å². The van der Waals surface area contributed by atoms with Gasteiger partial charge >= 0.3 is 0 Å². The van der Waals surface area contributed by atoms with Crippen molar-refractivity contribution < 1.29 is 27.4 Å². The lowest BCUT2D eigenvalue weighted by molar-refractivity contribution is -0.139. The van der Waals surface area contributed by atoms with Crippen LogP contribution in [0, 0.1) is 11.8 Å². The highest BCUT2D eigenvalue weighted by Gasteiger charge is 2.44. The smallest absolute Gasteiger partial charge is 0.265 e. The zero-order chi connectivity index (χ0) is 29.7. The fraction of sp³-hybridized carbons (Fsp3) is 0.531. The van der Waals surface area contributed by atoms with Crippen molar-refractivity contribution in [2.45, 2.75) is 68.0 Å². The van der Waals surface area contributed by atoms with E-state index in [1.807, 2.05) is 18.2 Å². The molecule has 42 heavy (non-hydrogen) atoms. The molecule has 0 radical (unpaired) electrons. The predicted octanol–water partition coefficient (Wildman–Crippen LogP) is 5.02. The maximum atomic E-state index is 13.5. The van der Waals surface area contributed by atoms with Crippen LogP contribution in [-0.2, 0) is 36.1 Å². The predicted molar refractivity (Wildman–Crippen MR) is 162 cm³/mol. The normalized spacial score (nSPS) is 31.0. The molecule has 0 unspecified atom stereocenters. The summed E-state index contributed by atoms with van der Waals surface area (Å²) in [5, 5.41) is 0.732. The molecule has 2 aromatic rings. The second kappa shape index (κ2) is 11.2. The molecule has 1 saturated carbocycles. The summed E-state index contributed by atoms with van der Waals surface area (Å²) in [6, 6.07) is 11.0. The summed E-state index contributed by atoms with van der Waals surface area (Å²) in [7, 11) is -2.44. The van der Waals surface area contributed by atoms with Crippen molar-refractivity contribution in [3.63, 3.8) is 0 Å². The minimum Gasteiger partial charge on any atom is -0.490 e. The van der Waals surface area contributed by atoms with Crippen LogP contribution in [-0.4, -0.2) is 59.4 Å². The quantitative estimate of drug-likeness (QED) is 0.451. The number of hydrogen-bond acceptors (Lipinski definition) is 7. The van der Waals surface area contributed by atoms with E-state index in [9.17, 15) is 13.2 Å². The number of halogens is 1. The standard InChI is InChI=1S/C32H39ClN2O6S/c1-31(2)30(36)34-42(37,38)24-10-13-29-27(17-24)35(18-22-8-11-25(22)28(39-3)7-5-15-41-31)19-32(20-40-29)14-4-6-21-16-23(33)9-12-26(21)32/h5,7,9-10,12-13,16-17,22,25,28H,4,6,8,11,14-15,18-20H2,1-3H3,(H,34,36)/b7-5+/t22-,25+,28+,32-/m0/s1. The third kappa shape index (κ3) is 5.45. The Hall–Kier alpha value is -2.59. The first-order valence-electron chi connectivity index (χ1n) is 14.7. The van der Waals surface area contributed by atoms with E-state index in [4.69, 9.17) is 25.8 Å². The molecule has 4 aliphatic rings. The second-order valence-corrected chi connectivity index (χ2v) is 14.7. The summed E-state index contributed by atoms with van der Waals surface area (Å²) >= 11 is 6.39. The van der Waals surface area contributed by atoms with E-state index in [0.717, 1.165) is 49.4 Å². The van der Waals surface area contributed by atoms with Crippen molar-refractivity contribution >= 4 is 33.2 Å². The van der Waals surface area contributed by atoms with Gasteiger partial charge in [-0.1, -0.05) is 29.8 Å². The van der Waals surface area contributed by atoms with Crippen LogP contribution in [0.3, 0.4) is 0 Å². The van der Waals surface area contributed by atoms with Crippen LogP contribution in [0.15, 0.2) is 53.4 Å². The van der Waals surface area contributed by atoms with E-state index in [1.165, 1.54) is 17.2 Å². The molecule has 2 bridgehead atoms. The lowest BCUT2D eigenvalue weighted by atomic mass is 9.68. The van der Waals surface area contributed by atoms with Crippen molar-refractivity contribution in [3.05, 3.63) is 64.7 Å². The highest BCUT2D eigenvalue weighted by molar-refractivity contribution is 7.90. The first kappa shape index (κ1) is 29.5. The van der Waals surface area contributed by atoms with Crippen LogP contribution in [0.2, 0.25) is 5.02 Å². The van der Waals surface area contributed by atoms with Crippen molar-refractivity contribution in [1.82, 2.24) is 4.72 Å². The number of nitrogens with one attached hydrogen (secondary N) is 1. The van der Waals surface area contributed by atoms with Gasteiger partial charge in [0.1, 0.15) is 11.4 Å². The molecule has 2 heterocycles. The molecule has 2 aliphatic carbocycles. The molecule has 1 spiro atoms. The Balaban J connectivity index is 1.45. The number of methoxy groups -OCH3 is 1. The summed E-state index contributed by atoms with van der Waals surface area (Å²) in [5.74, 6) is 0.566. The highest BCUT2D eigenvalue weighted by atomic mass is 35.5. The molecule has 0 aromatic heterocycles. The summed E-state index contributed by atoms with van der Waals surface area (Å²) in [5.41, 5.74) is 1.59. The Morgan fingerprint density at radius 3 is 2.74 bits per heavy atom. The van der Waals surface area contributed by atoms with E-state index >= 15 is 0 Å². The topological polar surface area (TPSA) is 94.2 Å². The number of aryl methyl sites for hydroxylation is 1. The Bertz CT molecular complexity index is 1510. The van der Waals surface area contributed by atoms with Gasteiger partial charge in [-0.05, 0) is 99.2 Å². The summed E-state index contributed by atoms with van der Waals surface area (Å²) < 4.78 is 47.4. The Morgan fingerprint density at radius 2 is 1.98 bits per heavy atom. The molecule has 6 rings (SSSR count). The number of sulfonamides is 1. The third-order valence-electron chi connectivity index (χ3n) is 9.58. The van der Waals surface area contributed by atoms with E-state index in [-0.39, 0.29) is 23.0 Å². The molecule has 1 N–H and O–H groups in total. The largest absolute Gasteiger partial charge is 0.490 e. The molecule has 0 saturated heterocycles. The Morgan fingerprint density at radius 1 is 1.14 bits per heavy atom. The fourth-order valence-electron chi connectivity index (χ4n) is 7.01. The number of ether oxygens (including phenoxy) is 3. The maximum Gasteiger partial charge on any atom is 0.265 e. The van der Waals surface area contributed by atoms with E-state index in [1.54, 1.807) is 33.1 Å². The zero-order valence-electron chi connectivity index (χ0n) is 24.4. The summed E-state index contributed by atoms with van der Waals surface area (Å²) in [4.78, 5) is 15.4. The van der Waals surface area contributed by atoms with Gasteiger partial charge in [0.15, 0.2) is 0 Å². The van der Waals surface area contributed by atoms with E-state index in [2.05, 4.69) is 21.8 Å². The lowest BCUT2D eigenvalue weighted by Gasteiger charge is -2.46. The van der Waals surface area contributed by atoms with Gasteiger partial charge in [-0.15, -0.1) is 0 Å². The minimum absolute atomic E-state index is 0.0118. The number of carbonyl (C=O) groups excluding carboxylic acids is 1. The minimum atomic E-state index is -4.17. The molecule has 2 aromatic carbocycles. The van der Waals surface area contributed by atoms with Gasteiger partial charge in [0.2, 0.25) is 0 Å². The SMILES string of the molecule is CO[C@@H]1/C=C/COC(C)(C)C(=O)NS(=O)(=O)c2ccc3c(c2)N(C[C@@H]2CC[C@H]21)C[C@@]1(CCCc2cc(Cl)ccc21)CO3. The Labute approximate surface area is 253 Å². The van der Waals surface area contributed by atoms with Crippen LogP contribution >= 0.6 is 11.6 Å². The lowest BCUT2D eigenvalue weighted by Crippen LogP contribution is -2.49. The monoisotopic (exact) mass is 614 g/mol. The Kier molecular flexibility index (Phi) is 7.83. The van der Waals surface area contributed by atoms with Crippen LogP contribution < -0.4 is 14.4 Å². The molecule has 1 fully saturated rings. The van der Waals surface area contributed by atoms with Crippen molar-refractivity contribution in [2.75, 3.05) is 38.3 Å². The molecule has 4 atom stereocenters. The number of carbonyl (C=O) groups is 1. The number of hydrogen-bond donors (Lipinski definition) is 1. The molecule has 8 nitrogen and oxygen atoms in total. The zero-order valence-corrected chi connectivity index (χ0v) is 26.0. The summed E-state index contributed by atoms with van der Waals surface area (Å²) in [6.45, 7) is 5.18. The van der Waals surface area contributed by atoms with Crippen LogP contribution in [0.4, 0.5) is 5.69 Å². The highest BCUT2D eigenvalue weighted by Crippen LogP contribution is 2.47. The molecule has 10 heteroatoms. The maximum absolute atomic E-state index is 13.5. The van der Waals surface area contributed by atoms with E-state index in [0.29, 0.717) is 30.7 Å². The number of rotatable bonds is 1. The van der Waals surface area contributed by atoms with Crippen LogP contribution in [0.1, 0.15) is 50.7 Å². The molecular formula is C32H39ClN2O6S. The van der Waals surface area contributed by atoms with Crippen molar-refractivity contribution in [3.8, 4) is 5.75 Å². The van der Waals surface area contributed by atoms with Crippen molar-refractivity contribution in [1.29, 1.82) is 0 Å². The molecule has 2 aliphatic heterocycles. The molecular weight excluding hydrogens is 576 g/mol. The number of anilines is 1.